The van der Waals surface area contributed by atoms with E-state index in [1.54, 1.807) is 6.20 Å². The second-order valence-electron chi connectivity index (χ2n) is 4.03. The van der Waals surface area contributed by atoms with Gasteiger partial charge in [0.05, 0.1) is 6.61 Å². The third-order valence-corrected chi connectivity index (χ3v) is 3.61. The van der Waals surface area contributed by atoms with E-state index in [0.29, 0.717) is 11.5 Å². The number of pyridine rings is 1. The van der Waals surface area contributed by atoms with Crippen molar-refractivity contribution in [3.05, 3.63) is 52.0 Å². The summed E-state index contributed by atoms with van der Waals surface area (Å²) >= 11 is 1.43. The molecule has 18 heavy (non-hydrogen) atoms. The van der Waals surface area contributed by atoms with Gasteiger partial charge >= 0.3 is 5.97 Å². The van der Waals surface area contributed by atoms with Crippen LogP contribution in [0.4, 0.5) is 0 Å². The minimum Gasteiger partial charge on any atom is -0.461 e. The highest BCUT2D eigenvalue weighted by Crippen LogP contribution is 2.16. The number of ether oxygens (including phenoxy) is 1. The molecule has 0 unspecified atom stereocenters. The Kier molecular flexibility index (Phi) is 4.47. The minimum atomic E-state index is -0.214. The van der Waals surface area contributed by atoms with Gasteiger partial charge in [-0.05, 0) is 48.4 Å². The molecule has 2 aromatic heterocycles. The number of esters is 1. The zero-order chi connectivity index (χ0) is 12.8. The van der Waals surface area contributed by atoms with E-state index in [4.69, 9.17) is 4.74 Å². The molecular formula is C14H15NO2S. The minimum absolute atomic E-state index is 0.214. The highest BCUT2D eigenvalue weighted by Gasteiger charge is 2.11. The van der Waals surface area contributed by atoms with Crippen LogP contribution >= 0.6 is 11.3 Å². The monoisotopic (exact) mass is 261 g/mol. The van der Waals surface area contributed by atoms with Crippen LogP contribution in [-0.2, 0) is 11.2 Å². The van der Waals surface area contributed by atoms with Gasteiger partial charge in [-0.3, -0.25) is 4.98 Å². The molecule has 0 saturated heterocycles. The fraction of sp³-hybridized carbons (Fsp3) is 0.286. The topological polar surface area (TPSA) is 39.2 Å². The molecule has 0 aliphatic rings. The van der Waals surface area contributed by atoms with Crippen molar-refractivity contribution in [2.45, 2.75) is 19.8 Å². The fourth-order valence-electron chi connectivity index (χ4n) is 1.63. The maximum absolute atomic E-state index is 11.7. The molecule has 2 rings (SSSR count). The van der Waals surface area contributed by atoms with Crippen LogP contribution in [-0.4, -0.2) is 17.6 Å². The maximum Gasteiger partial charge on any atom is 0.348 e. The lowest BCUT2D eigenvalue weighted by molar-refractivity contribution is 0.0505. The second-order valence-corrected chi connectivity index (χ2v) is 4.95. The van der Waals surface area contributed by atoms with Crippen LogP contribution in [0.2, 0.25) is 0 Å². The Morgan fingerprint density at radius 3 is 3.00 bits per heavy atom. The molecule has 0 aliphatic carbocycles. The lowest BCUT2D eigenvalue weighted by Crippen LogP contribution is -2.06. The van der Waals surface area contributed by atoms with Gasteiger partial charge in [0.15, 0.2) is 0 Å². The molecule has 4 heteroatoms. The Morgan fingerprint density at radius 2 is 2.33 bits per heavy atom. The molecule has 0 bridgehead atoms. The lowest BCUT2D eigenvalue weighted by Gasteiger charge is -2.04. The van der Waals surface area contributed by atoms with E-state index in [-0.39, 0.29) is 5.97 Å². The average Bonchev–Trinajstić information content (AvgIpc) is 2.82. The van der Waals surface area contributed by atoms with Gasteiger partial charge in [-0.2, -0.15) is 0 Å². The summed E-state index contributed by atoms with van der Waals surface area (Å²) in [7, 11) is 0. The number of carbonyl (C=O) groups is 1. The quantitative estimate of drug-likeness (QED) is 0.612. The zero-order valence-electron chi connectivity index (χ0n) is 10.3. The maximum atomic E-state index is 11.7. The molecular weight excluding hydrogens is 246 g/mol. The van der Waals surface area contributed by atoms with Gasteiger partial charge in [-0.15, -0.1) is 11.3 Å². The summed E-state index contributed by atoms with van der Waals surface area (Å²) in [4.78, 5) is 16.5. The first-order valence-corrected chi connectivity index (χ1v) is 6.75. The SMILES string of the molecule is Cc1ccsc1C(=O)OCCCc1cccnc1. The van der Waals surface area contributed by atoms with Crippen molar-refractivity contribution in [2.24, 2.45) is 0 Å². The van der Waals surface area contributed by atoms with E-state index in [9.17, 15) is 4.79 Å². The first-order valence-electron chi connectivity index (χ1n) is 5.87. The molecule has 0 atom stereocenters. The van der Waals surface area contributed by atoms with E-state index in [0.717, 1.165) is 18.4 Å². The molecule has 2 heterocycles. The van der Waals surface area contributed by atoms with Crippen LogP contribution in [0, 0.1) is 6.92 Å². The van der Waals surface area contributed by atoms with Crippen molar-refractivity contribution in [2.75, 3.05) is 6.61 Å². The second kappa shape index (κ2) is 6.31. The third-order valence-electron chi connectivity index (χ3n) is 2.61. The van der Waals surface area contributed by atoms with Gasteiger partial charge in [0.1, 0.15) is 4.88 Å². The molecule has 0 N–H and O–H groups in total. The average molecular weight is 261 g/mol. The van der Waals surface area contributed by atoms with E-state index in [2.05, 4.69) is 4.98 Å². The van der Waals surface area contributed by atoms with Crippen LogP contribution in [0.5, 0.6) is 0 Å². The number of rotatable bonds is 5. The highest BCUT2D eigenvalue weighted by atomic mass is 32.1. The predicted molar refractivity (Wildman–Crippen MR) is 71.9 cm³/mol. The van der Waals surface area contributed by atoms with Crippen LogP contribution in [0.25, 0.3) is 0 Å². The van der Waals surface area contributed by atoms with E-state index >= 15 is 0 Å². The molecule has 2 aromatic rings. The summed E-state index contributed by atoms with van der Waals surface area (Å²) in [6, 6.07) is 5.87. The van der Waals surface area contributed by atoms with Crippen molar-refractivity contribution in [3.8, 4) is 0 Å². The highest BCUT2D eigenvalue weighted by molar-refractivity contribution is 7.12. The Labute approximate surface area is 110 Å². The molecule has 94 valence electrons. The van der Waals surface area contributed by atoms with Crippen molar-refractivity contribution in [1.29, 1.82) is 0 Å². The van der Waals surface area contributed by atoms with Crippen molar-refractivity contribution in [1.82, 2.24) is 4.98 Å². The Hall–Kier alpha value is -1.68. The number of nitrogens with zero attached hydrogens (tertiary/aromatic N) is 1. The lowest BCUT2D eigenvalue weighted by atomic mass is 10.2. The van der Waals surface area contributed by atoms with Gasteiger partial charge in [0, 0.05) is 12.4 Å². The standard InChI is InChI=1S/C14H15NO2S/c1-11-6-9-18-13(11)14(16)17-8-3-5-12-4-2-7-15-10-12/h2,4,6-7,9-10H,3,5,8H2,1H3. The molecule has 0 spiro atoms. The smallest absolute Gasteiger partial charge is 0.348 e. The normalized spacial score (nSPS) is 10.3. The summed E-state index contributed by atoms with van der Waals surface area (Å²) in [5.41, 5.74) is 2.15. The van der Waals surface area contributed by atoms with Crippen molar-refractivity contribution < 1.29 is 9.53 Å². The number of aryl methyl sites for hydroxylation is 2. The van der Waals surface area contributed by atoms with Gasteiger partial charge in [0.2, 0.25) is 0 Å². The van der Waals surface area contributed by atoms with Crippen molar-refractivity contribution in [3.63, 3.8) is 0 Å². The first kappa shape index (κ1) is 12.8. The molecule has 3 nitrogen and oxygen atoms in total. The summed E-state index contributed by atoms with van der Waals surface area (Å²) in [6.45, 7) is 2.37. The number of thiophene rings is 1. The molecule has 0 amide bonds. The molecule has 0 fully saturated rings. The summed E-state index contributed by atoms with van der Waals surface area (Å²) in [6.07, 6.45) is 5.29. The first-order chi connectivity index (χ1) is 8.77. The van der Waals surface area contributed by atoms with E-state index in [1.165, 1.54) is 16.9 Å². The number of aromatic nitrogens is 1. The van der Waals surface area contributed by atoms with Gasteiger partial charge < -0.3 is 4.74 Å². The van der Waals surface area contributed by atoms with Crippen LogP contribution < -0.4 is 0 Å². The van der Waals surface area contributed by atoms with Gasteiger partial charge in [-0.1, -0.05) is 6.07 Å². The molecule has 0 aliphatic heterocycles. The van der Waals surface area contributed by atoms with Crippen LogP contribution in [0.3, 0.4) is 0 Å². The van der Waals surface area contributed by atoms with E-state index < -0.39 is 0 Å². The Morgan fingerprint density at radius 1 is 1.44 bits per heavy atom. The summed E-state index contributed by atoms with van der Waals surface area (Å²) in [5.74, 6) is -0.214. The Balaban J connectivity index is 1.73. The van der Waals surface area contributed by atoms with Gasteiger partial charge in [0.25, 0.3) is 0 Å². The zero-order valence-corrected chi connectivity index (χ0v) is 11.1. The van der Waals surface area contributed by atoms with Crippen molar-refractivity contribution >= 4 is 17.3 Å². The number of hydrogen-bond acceptors (Lipinski definition) is 4. The van der Waals surface area contributed by atoms with E-state index in [1.807, 2.05) is 36.7 Å². The summed E-state index contributed by atoms with van der Waals surface area (Å²) < 4.78 is 5.24. The number of hydrogen-bond donors (Lipinski definition) is 0. The fourth-order valence-corrected chi connectivity index (χ4v) is 2.45. The third kappa shape index (κ3) is 3.40. The molecule has 0 saturated carbocycles. The molecule has 0 aromatic carbocycles. The predicted octanol–water partition coefficient (Wildman–Crippen LogP) is 3.24. The van der Waals surface area contributed by atoms with Crippen LogP contribution in [0.15, 0.2) is 36.0 Å². The van der Waals surface area contributed by atoms with Gasteiger partial charge in [-0.25, -0.2) is 4.79 Å². The Bertz CT molecular complexity index is 508. The number of carbonyl (C=O) groups excluding carboxylic acids is 1. The largest absolute Gasteiger partial charge is 0.461 e. The summed E-state index contributed by atoms with van der Waals surface area (Å²) in [5, 5.41) is 1.90. The molecule has 0 radical (unpaired) electrons. The van der Waals surface area contributed by atoms with Crippen LogP contribution in [0.1, 0.15) is 27.2 Å².